The van der Waals surface area contributed by atoms with Crippen LogP contribution in [0.1, 0.15) is 18.4 Å². The average molecular weight is 265 g/mol. The van der Waals surface area contributed by atoms with E-state index in [4.69, 9.17) is 0 Å². The molecule has 1 aliphatic rings. The van der Waals surface area contributed by atoms with Gasteiger partial charge in [0, 0.05) is 13.1 Å². The highest BCUT2D eigenvalue weighted by Gasteiger charge is 2.22. The zero-order chi connectivity index (χ0) is 12.5. The van der Waals surface area contributed by atoms with Gasteiger partial charge in [-0.2, -0.15) is 0 Å². The van der Waals surface area contributed by atoms with Crippen molar-refractivity contribution in [1.82, 2.24) is 9.97 Å². The summed E-state index contributed by atoms with van der Waals surface area (Å²) in [4.78, 5) is 11.0. The van der Waals surface area contributed by atoms with Crippen LogP contribution in [0.4, 0.5) is 10.2 Å². The first-order valence-electron chi connectivity index (χ1n) is 6.29. The third-order valence-electron chi connectivity index (χ3n) is 3.64. The molecule has 0 saturated carbocycles. The highest BCUT2D eigenvalue weighted by Crippen LogP contribution is 2.32. The van der Waals surface area contributed by atoms with E-state index < -0.39 is 0 Å². The zero-order valence-corrected chi connectivity index (χ0v) is 11.2. The fourth-order valence-corrected chi connectivity index (χ4v) is 3.50. The number of hydrogen-bond donors (Lipinski definition) is 0. The van der Waals surface area contributed by atoms with E-state index in [1.165, 1.54) is 5.56 Å². The van der Waals surface area contributed by atoms with Gasteiger partial charge in [0.2, 0.25) is 0 Å². The standard InChI is InChI=1S/C13H16FN3S/c1-9-7-18-12-11(9)15-8-16-13(12)17-4-2-10(6-14)3-5-17/h7-8,10H,2-6H2,1H3. The molecule has 1 aliphatic heterocycles. The molecule has 0 spiro atoms. The van der Waals surface area contributed by atoms with E-state index in [2.05, 4.69) is 27.2 Å². The Balaban J connectivity index is 1.91. The molecule has 2 aromatic rings. The molecule has 5 heteroatoms. The van der Waals surface area contributed by atoms with Gasteiger partial charge in [-0.1, -0.05) is 0 Å². The number of anilines is 1. The Morgan fingerprint density at radius 3 is 2.89 bits per heavy atom. The quantitative estimate of drug-likeness (QED) is 0.835. The number of nitrogens with zero attached hydrogens (tertiary/aromatic N) is 3. The first-order chi connectivity index (χ1) is 8.79. The second kappa shape index (κ2) is 4.80. The van der Waals surface area contributed by atoms with Crippen molar-refractivity contribution in [1.29, 1.82) is 0 Å². The molecule has 0 atom stereocenters. The van der Waals surface area contributed by atoms with Crippen molar-refractivity contribution in [3.05, 3.63) is 17.3 Å². The second-order valence-corrected chi connectivity index (χ2v) is 5.76. The summed E-state index contributed by atoms with van der Waals surface area (Å²) in [6, 6.07) is 0. The number of halogens is 1. The summed E-state index contributed by atoms with van der Waals surface area (Å²) in [5.74, 6) is 1.26. The predicted octanol–water partition coefficient (Wildman–Crippen LogP) is 3.19. The Kier molecular flexibility index (Phi) is 3.16. The Labute approximate surface area is 110 Å². The monoisotopic (exact) mass is 265 g/mol. The van der Waals surface area contributed by atoms with Crippen LogP contribution >= 0.6 is 11.3 Å². The first kappa shape index (κ1) is 11.8. The maximum absolute atomic E-state index is 12.6. The van der Waals surface area contributed by atoms with Crippen LogP contribution in [-0.2, 0) is 0 Å². The molecule has 0 aliphatic carbocycles. The van der Waals surface area contributed by atoms with Crippen molar-refractivity contribution >= 4 is 27.4 Å². The van der Waals surface area contributed by atoms with Gasteiger partial charge in [-0.25, -0.2) is 9.97 Å². The number of aryl methyl sites for hydroxylation is 1. The van der Waals surface area contributed by atoms with Crippen molar-refractivity contribution in [2.45, 2.75) is 19.8 Å². The van der Waals surface area contributed by atoms with Gasteiger partial charge in [-0.3, -0.25) is 4.39 Å². The van der Waals surface area contributed by atoms with Crippen molar-refractivity contribution in [2.75, 3.05) is 24.7 Å². The lowest BCUT2D eigenvalue weighted by molar-refractivity contribution is 0.307. The van der Waals surface area contributed by atoms with Crippen molar-refractivity contribution in [3.8, 4) is 0 Å². The Bertz CT molecular complexity index is 546. The van der Waals surface area contributed by atoms with Gasteiger partial charge >= 0.3 is 0 Å². The summed E-state index contributed by atoms with van der Waals surface area (Å²) in [5, 5.41) is 2.12. The summed E-state index contributed by atoms with van der Waals surface area (Å²) in [5.41, 5.74) is 2.26. The molecule has 3 heterocycles. The van der Waals surface area contributed by atoms with Gasteiger partial charge in [0.05, 0.1) is 16.9 Å². The Morgan fingerprint density at radius 2 is 2.17 bits per heavy atom. The van der Waals surface area contributed by atoms with Gasteiger partial charge in [-0.05, 0) is 36.6 Å². The van der Waals surface area contributed by atoms with Crippen LogP contribution in [0.2, 0.25) is 0 Å². The normalized spacial score (nSPS) is 17.6. The van der Waals surface area contributed by atoms with Crippen LogP contribution in [0.3, 0.4) is 0 Å². The Hall–Kier alpha value is -1.23. The fourth-order valence-electron chi connectivity index (χ4n) is 2.48. The summed E-state index contributed by atoms with van der Waals surface area (Å²) in [6.07, 6.45) is 3.48. The minimum absolute atomic E-state index is 0.189. The largest absolute Gasteiger partial charge is 0.355 e. The van der Waals surface area contributed by atoms with E-state index in [-0.39, 0.29) is 12.6 Å². The molecular formula is C13H16FN3S. The van der Waals surface area contributed by atoms with E-state index in [1.807, 2.05) is 0 Å². The average Bonchev–Trinajstić information content (AvgIpc) is 2.81. The van der Waals surface area contributed by atoms with E-state index in [0.717, 1.165) is 42.0 Å². The number of hydrogen-bond acceptors (Lipinski definition) is 4. The molecule has 3 nitrogen and oxygen atoms in total. The van der Waals surface area contributed by atoms with Crippen LogP contribution in [0.15, 0.2) is 11.7 Å². The third kappa shape index (κ3) is 1.96. The minimum Gasteiger partial charge on any atom is -0.355 e. The van der Waals surface area contributed by atoms with E-state index >= 15 is 0 Å². The van der Waals surface area contributed by atoms with Crippen molar-refractivity contribution in [2.24, 2.45) is 5.92 Å². The second-order valence-electron chi connectivity index (χ2n) is 4.88. The third-order valence-corrected chi connectivity index (χ3v) is 4.73. The number of rotatable bonds is 2. The fraction of sp³-hybridized carbons (Fsp3) is 0.538. The molecule has 0 radical (unpaired) electrons. The maximum atomic E-state index is 12.6. The van der Waals surface area contributed by atoms with Crippen molar-refractivity contribution in [3.63, 3.8) is 0 Å². The molecular weight excluding hydrogens is 249 g/mol. The number of piperidine rings is 1. The minimum atomic E-state index is -0.189. The summed E-state index contributed by atoms with van der Waals surface area (Å²) < 4.78 is 13.8. The summed E-state index contributed by atoms with van der Waals surface area (Å²) >= 11 is 1.70. The lowest BCUT2D eigenvalue weighted by Crippen LogP contribution is -2.34. The van der Waals surface area contributed by atoms with Gasteiger partial charge in [0.1, 0.15) is 12.1 Å². The predicted molar refractivity (Wildman–Crippen MR) is 73.1 cm³/mol. The van der Waals surface area contributed by atoms with Crippen LogP contribution in [-0.4, -0.2) is 29.7 Å². The molecule has 0 bridgehead atoms. The molecule has 0 unspecified atom stereocenters. The highest BCUT2D eigenvalue weighted by molar-refractivity contribution is 7.18. The topological polar surface area (TPSA) is 29.0 Å². The molecule has 3 rings (SSSR count). The van der Waals surface area contributed by atoms with E-state index in [9.17, 15) is 4.39 Å². The lowest BCUT2D eigenvalue weighted by atomic mass is 9.98. The Morgan fingerprint density at radius 1 is 1.39 bits per heavy atom. The lowest BCUT2D eigenvalue weighted by Gasteiger charge is -2.31. The molecule has 0 aromatic carbocycles. The zero-order valence-electron chi connectivity index (χ0n) is 10.4. The molecule has 1 saturated heterocycles. The molecule has 1 fully saturated rings. The van der Waals surface area contributed by atoms with Gasteiger partial charge in [0.15, 0.2) is 0 Å². The van der Waals surface area contributed by atoms with Gasteiger partial charge in [-0.15, -0.1) is 11.3 Å². The SMILES string of the molecule is Cc1csc2c(N3CCC(CF)CC3)ncnc12. The molecule has 0 amide bonds. The van der Waals surface area contributed by atoms with Crippen molar-refractivity contribution < 1.29 is 4.39 Å². The number of aromatic nitrogens is 2. The first-order valence-corrected chi connectivity index (χ1v) is 7.17. The van der Waals surface area contributed by atoms with Crippen LogP contribution in [0.25, 0.3) is 10.2 Å². The van der Waals surface area contributed by atoms with Crippen LogP contribution < -0.4 is 4.90 Å². The summed E-state index contributed by atoms with van der Waals surface area (Å²) in [7, 11) is 0. The molecule has 2 aromatic heterocycles. The number of fused-ring (bicyclic) bond motifs is 1. The molecule has 18 heavy (non-hydrogen) atoms. The van der Waals surface area contributed by atoms with Crippen LogP contribution in [0.5, 0.6) is 0 Å². The number of thiophene rings is 1. The molecule has 96 valence electrons. The smallest absolute Gasteiger partial charge is 0.150 e. The summed E-state index contributed by atoms with van der Waals surface area (Å²) in [6.45, 7) is 3.69. The van der Waals surface area contributed by atoms with E-state index in [0.29, 0.717) is 0 Å². The maximum Gasteiger partial charge on any atom is 0.150 e. The van der Waals surface area contributed by atoms with Gasteiger partial charge in [0.25, 0.3) is 0 Å². The van der Waals surface area contributed by atoms with Crippen LogP contribution in [0, 0.1) is 12.8 Å². The molecule has 0 N–H and O–H groups in total. The van der Waals surface area contributed by atoms with E-state index in [1.54, 1.807) is 17.7 Å². The van der Waals surface area contributed by atoms with Gasteiger partial charge < -0.3 is 4.90 Å². The highest BCUT2D eigenvalue weighted by atomic mass is 32.1. The number of alkyl halides is 1.